The monoisotopic (exact) mass is 441 g/mol. The van der Waals surface area contributed by atoms with Gasteiger partial charge in [-0.3, -0.25) is 9.59 Å². The molecule has 0 saturated carbocycles. The van der Waals surface area contributed by atoms with Crippen LogP contribution in [-0.2, 0) is 6.54 Å². The van der Waals surface area contributed by atoms with Crippen molar-refractivity contribution in [3.8, 4) is 5.75 Å². The van der Waals surface area contributed by atoms with Crippen LogP contribution in [0.5, 0.6) is 5.75 Å². The summed E-state index contributed by atoms with van der Waals surface area (Å²) >= 11 is 0. The minimum Gasteiger partial charge on any atom is -0.507 e. The van der Waals surface area contributed by atoms with Gasteiger partial charge in [-0.25, -0.2) is 0 Å². The Labute approximate surface area is 194 Å². The molecule has 1 N–H and O–H groups in total. The molecule has 0 bridgehead atoms. The number of fused-ring (bicyclic) bond motifs is 3. The normalized spacial score (nSPS) is 11.3. The van der Waals surface area contributed by atoms with E-state index >= 15 is 0 Å². The van der Waals surface area contributed by atoms with Crippen molar-refractivity contribution in [3.63, 3.8) is 0 Å². The van der Waals surface area contributed by atoms with Crippen molar-refractivity contribution in [2.24, 2.45) is 0 Å². The summed E-state index contributed by atoms with van der Waals surface area (Å²) < 4.78 is 2.21. The van der Waals surface area contributed by atoms with Crippen molar-refractivity contribution in [2.45, 2.75) is 58.9 Å². The molecule has 0 saturated heterocycles. The van der Waals surface area contributed by atoms with Crippen molar-refractivity contribution >= 4 is 33.4 Å². The standard InChI is InChI=1S/C29H31NO3/c1-3-5-6-7-8-12-27(31)20-14-16-25-23(18-20)24-19-21(15-17-26(24)30(25)4-2)29(33)22-11-9-10-13-28(22)32/h9-11,13-19,32H,3-8,12H2,1-2H3. The molecule has 0 atom stereocenters. The Morgan fingerprint density at radius 3 is 2.09 bits per heavy atom. The van der Waals surface area contributed by atoms with Gasteiger partial charge < -0.3 is 9.67 Å². The predicted octanol–water partition coefficient (Wildman–Crippen LogP) is 7.29. The van der Waals surface area contributed by atoms with E-state index in [1.165, 1.54) is 25.3 Å². The van der Waals surface area contributed by atoms with Crippen molar-refractivity contribution in [3.05, 3.63) is 77.4 Å². The van der Waals surface area contributed by atoms with Gasteiger partial charge in [-0.15, -0.1) is 0 Å². The summed E-state index contributed by atoms with van der Waals surface area (Å²) in [5.41, 5.74) is 3.62. The zero-order valence-electron chi connectivity index (χ0n) is 19.4. The molecule has 0 aliphatic rings. The highest BCUT2D eigenvalue weighted by molar-refractivity contribution is 6.16. The first-order valence-corrected chi connectivity index (χ1v) is 12.0. The first-order valence-electron chi connectivity index (χ1n) is 12.0. The van der Waals surface area contributed by atoms with Crippen LogP contribution >= 0.6 is 0 Å². The Kier molecular flexibility index (Phi) is 6.93. The number of ketones is 2. The number of unbranched alkanes of at least 4 members (excludes halogenated alkanes) is 4. The third kappa shape index (κ3) is 4.56. The number of benzene rings is 3. The highest BCUT2D eigenvalue weighted by atomic mass is 16.3. The van der Waals surface area contributed by atoms with Crippen molar-refractivity contribution in [1.29, 1.82) is 0 Å². The number of hydrogen-bond donors (Lipinski definition) is 1. The molecule has 0 spiro atoms. The minimum atomic E-state index is -0.216. The summed E-state index contributed by atoms with van der Waals surface area (Å²) in [6, 6.07) is 18.2. The molecule has 170 valence electrons. The fraction of sp³-hybridized carbons (Fsp3) is 0.310. The van der Waals surface area contributed by atoms with Gasteiger partial charge >= 0.3 is 0 Å². The highest BCUT2D eigenvalue weighted by Gasteiger charge is 2.17. The SMILES string of the molecule is CCCCCCCC(=O)c1ccc2c(c1)c1cc(C(=O)c3ccccc3O)ccc1n2CC. The van der Waals surface area contributed by atoms with Crippen LogP contribution in [-0.4, -0.2) is 21.2 Å². The fourth-order valence-corrected chi connectivity index (χ4v) is 4.61. The second-order valence-corrected chi connectivity index (χ2v) is 8.64. The Morgan fingerprint density at radius 1 is 0.788 bits per heavy atom. The quantitative estimate of drug-likeness (QED) is 0.208. The second kappa shape index (κ2) is 10.0. The van der Waals surface area contributed by atoms with E-state index in [-0.39, 0.29) is 22.9 Å². The summed E-state index contributed by atoms with van der Waals surface area (Å²) in [6.07, 6.45) is 6.18. The predicted molar refractivity (Wildman–Crippen MR) is 134 cm³/mol. The van der Waals surface area contributed by atoms with Gasteiger partial charge in [0, 0.05) is 45.9 Å². The first kappa shape index (κ1) is 22.8. The summed E-state index contributed by atoms with van der Waals surface area (Å²) in [4.78, 5) is 25.9. The average molecular weight is 442 g/mol. The molecular formula is C29H31NO3. The highest BCUT2D eigenvalue weighted by Crippen LogP contribution is 2.32. The maximum atomic E-state index is 13.1. The zero-order chi connectivity index (χ0) is 23.4. The lowest BCUT2D eigenvalue weighted by molar-refractivity contribution is 0.0978. The number of carbonyl (C=O) groups excluding carboxylic acids is 2. The molecule has 0 fully saturated rings. The van der Waals surface area contributed by atoms with Crippen LogP contribution in [0.15, 0.2) is 60.7 Å². The fourth-order valence-electron chi connectivity index (χ4n) is 4.61. The molecule has 1 aromatic heterocycles. The van der Waals surface area contributed by atoms with Gasteiger partial charge in [-0.1, -0.05) is 44.7 Å². The number of carbonyl (C=O) groups is 2. The maximum Gasteiger partial charge on any atom is 0.196 e. The van der Waals surface area contributed by atoms with E-state index in [0.717, 1.165) is 46.8 Å². The van der Waals surface area contributed by atoms with Gasteiger partial charge in [0.05, 0.1) is 5.56 Å². The number of phenolic OH excluding ortho intramolecular Hbond substituents is 1. The average Bonchev–Trinajstić information content (AvgIpc) is 3.15. The van der Waals surface area contributed by atoms with Gasteiger partial charge in [0.15, 0.2) is 11.6 Å². The number of aromatic nitrogens is 1. The molecule has 0 unspecified atom stereocenters. The molecular weight excluding hydrogens is 410 g/mol. The van der Waals surface area contributed by atoms with Crippen LogP contribution in [0.1, 0.15) is 78.7 Å². The Morgan fingerprint density at radius 2 is 1.42 bits per heavy atom. The lowest BCUT2D eigenvalue weighted by Gasteiger charge is -2.05. The Bertz CT molecular complexity index is 1320. The number of nitrogens with zero attached hydrogens (tertiary/aromatic N) is 1. The lowest BCUT2D eigenvalue weighted by atomic mass is 9.99. The molecule has 4 nitrogen and oxygen atoms in total. The van der Waals surface area contributed by atoms with Crippen molar-refractivity contribution < 1.29 is 14.7 Å². The van der Waals surface area contributed by atoms with Gasteiger partial charge in [0.1, 0.15) is 5.75 Å². The van der Waals surface area contributed by atoms with Crippen molar-refractivity contribution in [1.82, 2.24) is 4.57 Å². The van der Waals surface area contributed by atoms with E-state index < -0.39 is 0 Å². The summed E-state index contributed by atoms with van der Waals surface area (Å²) in [7, 11) is 0. The first-order chi connectivity index (χ1) is 16.0. The van der Waals surface area contributed by atoms with Gasteiger partial charge in [0.2, 0.25) is 0 Å². The Balaban J connectivity index is 1.71. The smallest absolute Gasteiger partial charge is 0.196 e. The minimum absolute atomic E-state index is 0.0228. The number of aromatic hydroxyl groups is 1. The number of hydrogen-bond acceptors (Lipinski definition) is 3. The van der Waals surface area contributed by atoms with E-state index in [4.69, 9.17) is 0 Å². The van der Waals surface area contributed by atoms with Crippen LogP contribution in [0, 0.1) is 0 Å². The third-order valence-electron chi connectivity index (χ3n) is 6.42. The topological polar surface area (TPSA) is 59.3 Å². The lowest BCUT2D eigenvalue weighted by Crippen LogP contribution is -2.01. The van der Waals surface area contributed by atoms with E-state index in [1.807, 2.05) is 36.4 Å². The molecule has 0 radical (unpaired) electrons. The van der Waals surface area contributed by atoms with Crippen LogP contribution in [0.4, 0.5) is 0 Å². The number of aryl methyl sites for hydroxylation is 1. The summed E-state index contributed by atoms with van der Waals surface area (Å²) in [5.74, 6) is -0.0654. The maximum absolute atomic E-state index is 13.1. The number of phenols is 1. The van der Waals surface area contributed by atoms with Crippen LogP contribution in [0.25, 0.3) is 21.8 Å². The van der Waals surface area contributed by atoms with Crippen LogP contribution in [0.2, 0.25) is 0 Å². The molecule has 0 aliphatic carbocycles. The molecule has 3 aromatic carbocycles. The number of Topliss-reactive ketones (excluding diaryl/α,β-unsaturated/α-hetero) is 1. The number of rotatable bonds is 10. The molecule has 1 heterocycles. The molecule has 4 aromatic rings. The third-order valence-corrected chi connectivity index (χ3v) is 6.42. The molecule has 4 heteroatoms. The van der Waals surface area contributed by atoms with E-state index in [0.29, 0.717) is 12.0 Å². The van der Waals surface area contributed by atoms with E-state index in [1.54, 1.807) is 18.2 Å². The van der Waals surface area contributed by atoms with Crippen molar-refractivity contribution in [2.75, 3.05) is 0 Å². The largest absolute Gasteiger partial charge is 0.507 e. The van der Waals surface area contributed by atoms with Gasteiger partial charge in [0.25, 0.3) is 0 Å². The van der Waals surface area contributed by atoms with Crippen LogP contribution in [0.3, 0.4) is 0 Å². The molecule has 0 aliphatic heterocycles. The molecule has 0 amide bonds. The van der Waals surface area contributed by atoms with Gasteiger partial charge in [-0.2, -0.15) is 0 Å². The van der Waals surface area contributed by atoms with E-state index in [2.05, 4.69) is 18.4 Å². The molecule has 33 heavy (non-hydrogen) atoms. The van der Waals surface area contributed by atoms with E-state index in [9.17, 15) is 14.7 Å². The van der Waals surface area contributed by atoms with Crippen LogP contribution < -0.4 is 0 Å². The zero-order valence-corrected chi connectivity index (χ0v) is 19.4. The summed E-state index contributed by atoms with van der Waals surface area (Å²) in [6.45, 7) is 5.07. The number of para-hydroxylation sites is 1. The Hall–Kier alpha value is -3.40. The second-order valence-electron chi connectivity index (χ2n) is 8.64. The van der Waals surface area contributed by atoms with Gasteiger partial charge in [-0.05, 0) is 61.9 Å². The molecule has 4 rings (SSSR count). The summed E-state index contributed by atoms with van der Waals surface area (Å²) in [5, 5.41) is 12.1.